The van der Waals surface area contributed by atoms with Crippen LogP contribution in [0.4, 0.5) is 13.6 Å². The van der Waals surface area contributed by atoms with Crippen LogP contribution in [-0.2, 0) is 0 Å². The smallest absolute Gasteiger partial charge is 0.414 e. The van der Waals surface area contributed by atoms with E-state index in [9.17, 15) is 13.6 Å². The molecule has 2 aromatic carbocycles. The fourth-order valence-corrected chi connectivity index (χ4v) is 4.11. The third kappa shape index (κ3) is 4.67. The van der Waals surface area contributed by atoms with Crippen molar-refractivity contribution in [1.82, 2.24) is 10.2 Å². The predicted octanol–water partition coefficient (Wildman–Crippen LogP) is 6.26. The standard InChI is InChI=1S/C23H23ClF2N2O3/c1-14(28-9-7-23(25,26)8-10-28)15-3-5-16(6-4-15)17-11-18-13-20(31-22(29)27-2)30-21(18)19(24)12-17/h3-6,11-14H,7-10H2,1-2H3,(H,27,29). The third-order valence-electron chi connectivity index (χ3n) is 5.75. The zero-order valence-corrected chi connectivity index (χ0v) is 18.0. The molecule has 1 amide bonds. The maximum atomic E-state index is 13.4. The van der Waals surface area contributed by atoms with Crippen molar-refractivity contribution in [2.45, 2.75) is 31.7 Å². The molecule has 0 aliphatic carbocycles. The van der Waals surface area contributed by atoms with Gasteiger partial charge in [0.15, 0.2) is 5.58 Å². The molecule has 8 heteroatoms. The summed E-state index contributed by atoms with van der Waals surface area (Å²) in [4.78, 5) is 13.5. The summed E-state index contributed by atoms with van der Waals surface area (Å²) in [6, 6.07) is 13.4. The van der Waals surface area contributed by atoms with Crippen molar-refractivity contribution < 1.29 is 22.7 Å². The molecule has 1 saturated heterocycles. The van der Waals surface area contributed by atoms with Crippen LogP contribution in [0.3, 0.4) is 0 Å². The van der Waals surface area contributed by atoms with Crippen molar-refractivity contribution in [3.8, 4) is 17.1 Å². The van der Waals surface area contributed by atoms with Crippen molar-refractivity contribution in [3.63, 3.8) is 0 Å². The van der Waals surface area contributed by atoms with Crippen LogP contribution in [0.15, 0.2) is 46.9 Å². The highest BCUT2D eigenvalue weighted by atomic mass is 35.5. The van der Waals surface area contributed by atoms with Crippen molar-refractivity contribution in [1.29, 1.82) is 0 Å². The highest BCUT2D eigenvalue weighted by molar-refractivity contribution is 6.35. The minimum Gasteiger partial charge on any atom is -0.424 e. The van der Waals surface area contributed by atoms with E-state index in [1.54, 1.807) is 12.1 Å². The van der Waals surface area contributed by atoms with Gasteiger partial charge in [0.2, 0.25) is 0 Å². The maximum Gasteiger partial charge on any atom is 0.414 e. The second-order valence-corrected chi connectivity index (χ2v) is 8.18. The maximum absolute atomic E-state index is 13.4. The Kier molecular flexibility index (Phi) is 5.90. The van der Waals surface area contributed by atoms with Crippen molar-refractivity contribution >= 4 is 28.7 Å². The monoisotopic (exact) mass is 448 g/mol. The summed E-state index contributed by atoms with van der Waals surface area (Å²) in [6.07, 6.45) is -0.813. The Morgan fingerprint density at radius 1 is 1.16 bits per heavy atom. The highest BCUT2D eigenvalue weighted by Gasteiger charge is 2.35. The molecule has 2 heterocycles. The molecule has 164 valence electrons. The van der Waals surface area contributed by atoms with Gasteiger partial charge in [-0.3, -0.25) is 4.90 Å². The number of alkyl halides is 2. The molecule has 1 aliphatic rings. The number of carbonyl (C=O) groups excluding carboxylic acids is 1. The quantitative estimate of drug-likeness (QED) is 0.511. The van der Waals surface area contributed by atoms with Crippen molar-refractivity contribution in [2.24, 2.45) is 0 Å². The number of ether oxygens (including phenoxy) is 1. The summed E-state index contributed by atoms with van der Waals surface area (Å²) < 4.78 is 37.4. The molecule has 5 nitrogen and oxygen atoms in total. The largest absolute Gasteiger partial charge is 0.424 e. The normalized spacial score (nSPS) is 17.5. The molecule has 0 spiro atoms. The van der Waals surface area contributed by atoms with Crippen LogP contribution in [0.5, 0.6) is 5.95 Å². The fraction of sp³-hybridized carbons (Fsp3) is 0.348. The van der Waals surface area contributed by atoms with Crippen molar-refractivity contribution in [2.75, 3.05) is 20.1 Å². The van der Waals surface area contributed by atoms with Gasteiger partial charge in [-0.25, -0.2) is 13.6 Å². The lowest BCUT2D eigenvalue weighted by molar-refractivity contribution is -0.0620. The molecule has 1 aliphatic heterocycles. The van der Waals surface area contributed by atoms with Gasteiger partial charge in [-0.1, -0.05) is 35.9 Å². The molecule has 0 bridgehead atoms. The van der Waals surface area contributed by atoms with E-state index in [0.29, 0.717) is 29.1 Å². The number of hydrogen-bond acceptors (Lipinski definition) is 4. The summed E-state index contributed by atoms with van der Waals surface area (Å²) in [5.74, 6) is -2.49. The summed E-state index contributed by atoms with van der Waals surface area (Å²) in [5.41, 5.74) is 3.36. The summed E-state index contributed by atoms with van der Waals surface area (Å²) >= 11 is 6.38. The van der Waals surface area contributed by atoms with Crippen LogP contribution in [0.25, 0.3) is 22.1 Å². The Bertz CT molecular complexity index is 1090. The van der Waals surface area contributed by atoms with Gasteiger partial charge in [0.05, 0.1) is 5.02 Å². The van der Waals surface area contributed by atoms with Gasteiger partial charge in [-0.15, -0.1) is 0 Å². The summed E-state index contributed by atoms with van der Waals surface area (Å²) in [6.45, 7) is 2.83. The first-order valence-electron chi connectivity index (χ1n) is 10.1. The Hall–Kier alpha value is -2.64. The molecule has 1 atom stereocenters. The molecule has 31 heavy (non-hydrogen) atoms. The number of furan rings is 1. The summed E-state index contributed by atoms with van der Waals surface area (Å²) in [7, 11) is 1.46. The van der Waals surface area contributed by atoms with E-state index < -0.39 is 12.0 Å². The first kappa shape index (κ1) is 21.6. The van der Waals surface area contributed by atoms with Gasteiger partial charge in [-0.2, -0.15) is 0 Å². The zero-order chi connectivity index (χ0) is 22.2. The SMILES string of the molecule is CNC(=O)Oc1cc2cc(-c3ccc(C(C)N4CCC(F)(F)CC4)cc3)cc(Cl)c2o1. The molecule has 0 radical (unpaired) electrons. The number of rotatable bonds is 4. The Morgan fingerprint density at radius 3 is 2.48 bits per heavy atom. The van der Waals surface area contributed by atoms with Crippen LogP contribution in [0.2, 0.25) is 5.02 Å². The van der Waals surface area contributed by atoms with Gasteiger partial charge >= 0.3 is 6.09 Å². The van der Waals surface area contributed by atoms with Crippen LogP contribution in [0, 0.1) is 0 Å². The van der Waals surface area contributed by atoms with Crippen LogP contribution in [0.1, 0.15) is 31.4 Å². The van der Waals surface area contributed by atoms with E-state index in [1.807, 2.05) is 37.3 Å². The molecule has 1 fully saturated rings. The van der Waals surface area contributed by atoms with E-state index >= 15 is 0 Å². The molecule has 4 rings (SSSR count). The first-order valence-corrected chi connectivity index (χ1v) is 10.5. The molecular formula is C23H23ClF2N2O3. The lowest BCUT2D eigenvalue weighted by Gasteiger charge is -2.36. The van der Waals surface area contributed by atoms with E-state index in [-0.39, 0.29) is 24.8 Å². The second kappa shape index (κ2) is 8.48. The molecule has 1 aromatic heterocycles. The molecule has 3 aromatic rings. The molecule has 1 unspecified atom stereocenters. The Morgan fingerprint density at radius 2 is 1.84 bits per heavy atom. The first-order chi connectivity index (χ1) is 14.8. The van der Waals surface area contributed by atoms with E-state index in [4.69, 9.17) is 20.8 Å². The lowest BCUT2D eigenvalue weighted by Crippen LogP contribution is -2.40. The number of hydrogen-bond donors (Lipinski definition) is 1. The second-order valence-electron chi connectivity index (χ2n) is 7.77. The van der Waals surface area contributed by atoms with Crippen LogP contribution in [-0.4, -0.2) is 37.1 Å². The van der Waals surface area contributed by atoms with Gasteiger partial charge in [0, 0.05) is 50.5 Å². The minimum atomic E-state index is -2.55. The number of likely N-dealkylation sites (tertiary alicyclic amines) is 1. The fourth-order valence-electron chi connectivity index (χ4n) is 3.85. The number of carbonyl (C=O) groups is 1. The predicted molar refractivity (Wildman–Crippen MR) is 116 cm³/mol. The van der Waals surface area contributed by atoms with Crippen molar-refractivity contribution in [3.05, 3.63) is 53.1 Å². The van der Waals surface area contributed by atoms with Gasteiger partial charge in [0.25, 0.3) is 11.9 Å². The number of halogens is 3. The third-order valence-corrected chi connectivity index (χ3v) is 6.03. The zero-order valence-electron chi connectivity index (χ0n) is 17.3. The summed E-state index contributed by atoms with van der Waals surface area (Å²) in [5, 5.41) is 3.48. The minimum absolute atomic E-state index is 0.0599. The van der Waals surface area contributed by atoms with Crippen LogP contribution >= 0.6 is 11.6 Å². The van der Waals surface area contributed by atoms with Gasteiger partial charge < -0.3 is 14.5 Å². The molecule has 0 saturated carbocycles. The number of amides is 1. The Labute approximate surface area is 183 Å². The highest BCUT2D eigenvalue weighted by Crippen LogP contribution is 2.36. The molecule has 1 N–H and O–H groups in total. The number of nitrogens with zero attached hydrogens (tertiary/aromatic N) is 1. The van der Waals surface area contributed by atoms with Gasteiger partial charge in [0.1, 0.15) is 0 Å². The van der Waals surface area contributed by atoms with Gasteiger partial charge in [-0.05, 0) is 35.7 Å². The average molecular weight is 449 g/mol. The van der Waals surface area contributed by atoms with E-state index in [0.717, 1.165) is 16.7 Å². The molecular weight excluding hydrogens is 426 g/mol. The number of fused-ring (bicyclic) bond motifs is 1. The Balaban J connectivity index is 1.54. The number of piperidine rings is 1. The topological polar surface area (TPSA) is 54.7 Å². The average Bonchev–Trinajstić information content (AvgIpc) is 3.16. The lowest BCUT2D eigenvalue weighted by atomic mass is 9.98. The van der Waals surface area contributed by atoms with Crippen LogP contribution < -0.4 is 10.1 Å². The number of nitrogens with one attached hydrogen (secondary N) is 1. The van der Waals surface area contributed by atoms with E-state index in [1.165, 1.54) is 7.05 Å². The van der Waals surface area contributed by atoms with E-state index in [2.05, 4.69) is 10.2 Å². The number of benzene rings is 2.